The third kappa shape index (κ3) is 6.25. The summed E-state index contributed by atoms with van der Waals surface area (Å²) in [5, 5.41) is 3.15. The largest absolute Gasteiger partial charge is 0.297 e. The van der Waals surface area contributed by atoms with Crippen molar-refractivity contribution in [1.82, 2.24) is 5.32 Å². The van der Waals surface area contributed by atoms with Gasteiger partial charge in [-0.3, -0.25) is 5.32 Å². The van der Waals surface area contributed by atoms with Crippen LogP contribution in [0.3, 0.4) is 0 Å². The van der Waals surface area contributed by atoms with Crippen LogP contribution in [0.5, 0.6) is 0 Å². The molecule has 0 amide bonds. The molecule has 0 fully saturated rings. The monoisotopic (exact) mass is 135 g/mol. The molecule has 0 saturated carbocycles. The van der Waals surface area contributed by atoms with E-state index >= 15 is 0 Å². The van der Waals surface area contributed by atoms with Gasteiger partial charge in [-0.2, -0.15) is 0 Å². The van der Waals surface area contributed by atoms with E-state index in [-0.39, 0.29) is 11.0 Å². The van der Waals surface area contributed by atoms with E-state index in [1.54, 1.807) is 0 Å². The quantitative estimate of drug-likeness (QED) is 0.428. The molecule has 0 aromatic heterocycles. The molecule has 0 aliphatic heterocycles. The minimum absolute atomic E-state index is 0.0648. The Morgan fingerprint density at radius 3 is 1.75 bits per heavy atom. The molecule has 1 atom stereocenters. The lowest BCUT2D eigenvalue weighted by Crippen LogP contribution is -2.39. The second-order valence-corrected chi connectivity index (χ2v) is 3.66. The fourth-order valence-corrected chi connectivity index (χ4v) is 0.924. The molecule has 0 radical (unpaired) electrons. The topological polar surface area (TPSA) is 12.0 Å². The van der Waals surface area contributed by atoms with Crippen molar-refractivity contribution in [2.45, 2.75) is 38.7 Å². The third-order valence-corrected chi connectivity index (χ3v) is 0.741. The van der Waals surface area contributed by atoms with Crippen LogP contribution in [-0.4, -0.2) is 11.0 Å². The van der Waals surface area contributed by atoms with Crippen molar-refractivity contribution in [2.24, 2.45) is 0 Å². The Morgan fingerprint density at radius 2 is 1.75 bits per heavy atom. The van der Waals surface area contributed by atoms with Gasteiger partial charge in [0.25, 0.3) is 0 Å². The first kappa shape index (κ1) is 8.25. The van der Waals surface area contributed by atoms with Crippen LogP contribution in [0.1, 0.15) is 27.7 Å². The lowest BCUT2D eigenvalue weighted by molar-refractivity contribution is 0.421. The summed E-state index contributed by atoms with van der Waals surface area (Å²) in [6.07, 6.45) is 0. The van der Waals surface area contributed by atoms with Crippen LogP contribution in [0.25, 0.3) is 0 Å². The number of rotatable bonds is 1. The van der Waals surface area contributed by atoms with E-state index in [0.717, 1.165) is 0 Å². The molecule has 0 spiro atoms. The highest BCUT2D eigenvalue weighted by atomic mass is 35.5. The summed E-state index contributed by atoms with van der Waals surface area (Å²) >= 11 is 5.65. The van der Waals surface area contributed by atoms with E-state index in [4.69, 9.17) is 11.6 Å². The first-order valence-electron chi connectivity index (χ1n) is 2.83. The average molecular weight is 136 g/mol. The van der Waals surface area contributed by atoms with Gasteiger partial charge in [-0.15, -0.1) is 11.6 Å². The Morgan fingerprint density at radius 1 is 1.38 bits per heavy atom. The molecule has 0 saturated heterocycles. The number of nitrogens with one attached hydrogen (secondary N) is 1. The van der Waals surface area contributed by atoms with Crippen LogP contribution in [0.15, 0.2) is 0 Å². The van der Waals surface area contributed by atoms with Gasteiger partial charge in [0.2, 0.25) is 0 Å². The molecule has 0 aliphatic carbocycles. The minimum atomic E-state index is 0.0648. The Bertz CT molecular complexity index is 63.4. The van der Waals surface area contributed by atoms with Gasteiger partial charge in [-0.1, -0.05) is 0 Å². The Balaban J connectivity index is 3.39. The molecule has 0 rings (SSSR count). The first-order chi connectivity index (χ1) is 3.42. The van der Waals surface area contributed by atoms with Crippen LogP contribution in [0, 0.1) is 0 Å². The molecule has 1 unspecified atom stereocenters. The highest BCUT2D eigenvalue weighted by molar-refractivity contribution is 6.20. The second-order valence-electron chi connectivity index (χ2n) is 3.01. The summed E-state index contributed by atoms with van der Waals surface area (Å²) in [6, 6.07) is 0. The number of halogens is 1. The summed E-state index contributed by atoms with van der Waals surface area (Å²) in [6.45, 7) is 8.19. The van der Waals surface area contributed by atoms with Gasteiger partial charge in [0, 0.05) is 5.54 Å². The molecular formula is C6H14ClN. The molecule has 2 heteroatoms. The maximum Gasteiger partial charge on any atom is 0.0800 e. The predicted molar refractivity (Wildman–Crippen MR) is 38.2 cm³/mol. The van der Waals surface area contributed by atoms with E-state index in [9.17, 15) is 0 Å². The van der Waals surface area contributed by atoms with E-state index in [1.165, 1.54) is 0 Å². The van der Waals surface area contributed by atoms with Gasteiger partial charge in [0.1, 0.15) is 0 Å². The summed E-state index contributed by atoms with van der Waals surface area (Å²) in [7, 11) is 0. The number of hydrogen-bond acceptors (Lipinski definition) is 1. The fraction of sp³-hybridized carbons (Fsp3) is 1.00. The summed E-state index contributed by atoms with van der Waals surface area (Å²) < 4.78 is 0. The molecule has 0 heterocycles. The average Bonchev–Trinajstić information content (AvgIpc) is 1.21. The normalized spacial score (nSPS) is 16.1. The van der Waals surface area contributed by atoms with Gasteiger partial charge < -0.3 is 0 Å². The number of alkyl halides is 1. The zero-order valence-corrected chi connectivity index (χ0v) is 6.71. The van der Waals surface area contributed by atoms with Crippen molar-refractivity contribution in [1.29, 1.82) is 0 Å². The Labute approximate surface area is 56.4 Å². The van der Waals surface area contributed by atoms with Gasteiger partial charge in [-0.05, 0) is 27.7 Å². The Kier molecular flexibility index (Phi) is 2.78. The van der Waals surface area contributed by atoms with Crippen molar-refractivity contribution in [3.8, 4) is 0 Å². The van der Waals surface area contributed by atoms with Gasteiger partial charge in [0.05, 0.1) is 5.50 Å². The second kappa shape index (κ2) is 2.70. The first-order valence-corrected chi connectivity index (χ1v) is 3.27. The Hall–Kier alpha value is 0.250. The van der Waals surface area contributed by atoms with Crippen molar-refractivity contribution >= 4 is 11.6 Å². The van der Waals surface area contributed by atoms with Gasteiger partial charge >= 0.3 is 0 Å². The van der Waals surface area contributed by atoms with Crippen LogP contribution in [0.4, 0.5) is 0 Å². The highest BCUT2D eigenvalue weighted by Crippen LogP contribution is 2.02. The predicted octanol–water partition coefficient (Wildman–Crippen LogP) is 1.96. The van der Waals surface area contributed by atoms with Crippen LogP contribution in [-0.2, 0) is 0 Å². The van der Waals surface area contributed by atoms with Gasteiger partial charge in [-0.25, -0.2) is 0 Å². The molecule has 0 aromatic rings. The SMILES string of the molecule is CC(Cl)NC(C)(C)C. The lowest BCUT2D eigenvalue weighted by atomic mass is 10.1. The zero-order chi connectivity index (χ0) is 6.78. The smallest absolute Gasteiger partial charge is 0.0800 e. The summed E-state index contributed by atoms with van der Waals surface area (Å²) in [5.41, 5.74) is 0.205. The van der Waals surface area contributed by atoms with Crippen molar-refractivity contribution < 1.29 is 0 Å². The van der Waals surface area contributed by atoms with Crippen molar-refractivity contribution in [2.75, 3.05) is 0 Å². The lowest BCUT2D eigenvalue weighted by Gasteiger charge is -2.21. The maximum absolute atomic E-state index is 5.65. The van der Waals surface area contributed by atoms with E-state index < -0.39 is 0 Å². The minimum Gasteiger partial charge on any atom is -0.297 e. The fourth-order valence-electron chi connectivity index (χ4n) is 0.597. The number of hydrogen-bond donors (Lipinski definition) is 1. The summed E-state index contributed by atoms with van der Waals surface area (Å²) in [4.78, 5) is 0. The highest BCUT2D eigenvalue weighted by Gasteiger charge is 2.10. The van der Waals surface area contributed by atoms with Crippen LogP contribution >= 0.6 is 11.6 Å². The molecule has 0 bridgehead atoms. The third-order valence-electron chi connectivity index (χ3n) is 0.632. The van der Waals surface area contributed by atoms with Crippen molar-refractivity contribution in [3.05, 3.63) is 0 Å². The summed E-state index contributed by atoms with van der Waals surface area (Å²) in [5.74, 6) is 0. The zero-order valence-electron chi connectivity index (χ0n) is 5.96. The van der Waals surface area contributed by atoms with Crippen LogP contribution in [0.2, 0.25) is 0 Å². The molecule has 1 nitrogen and oxygen atoms in total. The van der Waals surface area contributed by atoms with Crippen molar-refractivity contribution in [3.63, 3.8) is 0 Å². The molecule has 8 heavy (non-hydrogen) atoms. The maximum atomic E-state index is 5.65. The van der Waals surface area contributed by atoms with E-state index in [0.29, 0.717) is 0 Å². The van der Waals surface area contributed by atoms with E-state index in [2.05, 4.69) is 26.1 Å². The molecule has 50 valence electrons. The molecule has 1 N–H and O–H groups in total. The van der Waals surface area contributed by atoms with Gasteiger partial charge in [0.15, 0.2) is 0 Å². The molecular weight excluding hydrogens is 122 g/mol. The standard InChI is InChI=1S/C6H14ClN/c1-5(7)8-6(2,3)4/h5,8H,1-4H3. The van der Waals surface area contributed by atoms with Crippen LogP contribution < -0.4 is 5.32 Å². The molecule has 0 aromatic carbocycles. The van der Waals surface area contributed by atoms with E-state index in [1.807, 2.05) is 6.92 Å². The molecule has 0 aliphatic rings.